The quantitative estimate of drug-likeness (QED) is 0.304. The van der Waals surface area contributed by atoms with Gasteiger partial charge in [0.1, 0.15) is 17.3 Å². The first-order chi connectivity index (χ1) is 16.5. The molecule has 7 heteroatoms. The lowest BCUT2D eigenvalue weighted by Crippen LogP contribution is -2.29. The lowest BCUT2D eigenvalue weighted by Gasteiger charge is -2.25. The Morgan fingerprint density at radius 2 is 1.56 bits per heavy atom. The van der Waals surface area contributed by atoms with Crippen LogP contribution in [0.5, 0.6) is 11.5 Å². The van der Waals surface area contributed by atoms with Crippen LogP contribution in [0.4, 0.5) is 0 Å². The summed E-state index contributed by atoms with van der Waals surface area (Å²) in [5.41, 5.74) is 1.95. The second kappa shape index (κ2) is 10.2. The van der Waals surface area contributed by atoms with Gasteiger partial charge in [0.25, 0.3) is 11.7 Å². The molecule has 1 aromatic heterocycles. The van der Waals surface area contributed by atoms with Gasteiger partial charge in [0, 0.05) is 24.5 Å². The number of benzene rings is 2. The van der Waals surface area contributed by atoms with Crippen LogP contribution in [0.25, 0.3) is 5.76 Å². The Kier molecular flexibility index (Phi) is 6.92. The van der Waals surface area contributed by atoms with Crippen LogP contribution in [0.15, 0.2) is 78.6 Å². The summed E-state index contributed by atoms with van der Waals surface area (Å²) in [6.07, 6.45) is 3.30. The van der Waals surface area contributed by atoms with Gasteiger partial charge < -0.3 is 19.5 Å². The van der Waals surface area contributed by atoms with Crippen LogP contribution in [0.2, 0.25) is 0 Å². The Balaban J connectivity index is 1.79. The number of carbonyl (C=O) groups is 2. The standard InChI is InChI=1S/C27H26N2O5/c1-3-33-21-11-7-19(8-12-21)24-23(25(30)20-9-13-22(14-10-20)34-4-2)26(31)27(32)29(24)17-18-6-5-15-28-16-18/h5-16,24,30H,3-4,17H2,1-2H3/t24-/m1/s1. The minimum Gasteiger partial charge on any atom is -0.507 e. The van der Waals surface area contributed by atoms with E-state index >= 15 is 0 Å². The van der Waals surface area contributed by atoms with E-state index < -0.39 is 17.7 Å². The number of hydrogen-bond donors (Lipinski definition) is 1. The zero-order chi connectivity index (χ0) is 24.1. The number of ether oxygens (including phenoxy) is 2. The first-order valence-electron chi connectivity index (χ1n) is 11.2. The number of aromatic nitrogens is 1. The van der Waals surface area contributed by atoms with E-state index in [2.05, 4.69) is 4.98 Å². The maximum atomic E-state index is 13.2. The van der Waals surface area contributed by atoms with Crippen LogP contribution >= 0.6 is 0 Å². The van der Waals surface area contributed by atoms with Gasteiger partial charge in [-0.2, -0.15) is 0 Å². The number of aliphatic hydroxyl groups excluding tert-OH is 1. The zero-order valence-corrected chi connectivity index (χ0v) is 19.1. The van der Waals surface area contributed by atoms with E-state index in [9.17, 15) is 14.7 Å². The number of aliphatic hydroxyl groups is 1. The molecule has 174 valence electrons. The summed E-state index contributed by atoms with van der Waals surface area (Å²) in [5.74, 6) is -0.292. The van der Waals surface area contributed by atoms with Crippen LogP contribution in [-0.2, 0) is 16.1 Å². The molecule has 1 aliphatic rings. The minimum atomic E-state index is -0.762. The van der Waals surface area contributed by atoms with Gasteiger partial charge in [-0.15, -0.1) is 0 Å². The number of likely N-dealkylation sites (tertiary alicyclic amines) is 1. The van der Waals surface area contributed by atoms with Gasteiger partial charge >= 0.3 is 0 Å². The van der Waals surface area contributed by atoms with Crippen molar-refractivity contribution in [2.45, 2.75) is 26.4 Å². The summed E-state index contributed by atoms with van der Waals surface area (Å²) < 4.78 is 11.0. The molecule has 3 aromatic rings. The highest BCUT2D eigenvalue weighted by Gasteiger charge is 2.46. The largest absolute Gasteiger partial charge is 0.507 e. The van der Waals surface area contributed by atoms with E-state index in [0.29, 0.717) is 35.8 Å². The molecule has 1 saturated heterocycles. The van der Waals surface area contributed by atoms with Gasteiger partial charge in [-0.05, 0) is 67.4 Å². The van der Waals surface area contributed by atoms with Crippen molar-refractivity contribution in [1.29, 1.82) is 0 Å². The number of ketones is 1. The zero-order valence-electron chi connectivity index (χ0n) is 19.1. The van der Waals surface area contributed by atoms with Gasteiger partial charge in [0.05, 0.1) is 24.8 Å². The predicted octanol–water partition coefficient (Wildman–Crippen LogP) is 4.50. The fourth-order valence-corrected chi connectivity index (χ4v) is 4.02. The third kappa shape index (κ3) is 4.64. The van der Waals surface area contributed by atoms with Gasteiger partial charge in [-0.25, -0.2) is 0 Å². The highest BCUT2D eigenvalue weighted by molar-refractivity contribution is 6.46. The SMILES string of the molecule is CCOc1ccc(C(O)=C2C(=O)C(=O)N(Cc3cccnc3)[C@@H]2c2ccc(OCC)cc2)cc1. The van der Waals surface area contributed by atoms with Crippen LogP contribution in [0.3, 0.4) is 0 Å². The number of Topliss-reactive ketones (excluding diaryl/α,β-unsaturated/α-hetero) is 1. The Labute approximate surface area is 198 Å². The highest BCUT2D eigenvalue weighted by Crippen LogP contribution is 2.40. The molecule has 1 N–H and O–H groups in total. The van der Waals surface area contributed by atoms with Gasteiger partial charge in [-0.1, -0.05) is 18.2 Å². The Morgan fingerprint density at radius 1 is 0.941 bits per heavy atom. The molecular formula is C27H26N2O5. The lowest BCUT2D eigenvalue weighted by atomic mass is 9.95. The predicted molar refractivity (Wildman–Crippen MR) is 127 cm³/mol. The number of pyridine rings is 1. The maximum absolute atomic E-state index is 13.2. The minimum absolute atomic E-state index is 0.0437. The molecule has 1 atom stereocenters. The molecular weight excluding hydrogens is 432 g/mol. The van der Waals surface area contributed by atoms with Crippen molar-refractivity contribution in [3.8, 4) is 11.5 Å². The fourth-order valence-electron chi connectivity index (χ4n) is 4.02. The monoisotopic (exact) mass is 458 g/mol. The first-order valence-corrected chi connectivity index (χ1v) is 11.2. The molecule has 1 amide bonds. The van der Waals surface area contributed by atoms with E-state index in [4.69, 9.17) is 9.47 Å². The summed E-state index contributed by atoms with van der Waals surface area (Å²) in [6.45, 7) is 5.00. The molecule has 0 bridgehead atoms. The number of carbonyl (C=O) groups excluding carboxylic acids is 2. The summed E-state index contributed by atoms with van der Waals surface area (Å²) >= 11 is 0. The average Bonchev–Trinajstić information content (AvgIpc) is 3.10. The van der Waals surface area contributed by atoms with Crippen molar-refractivity contribution in [2.75, 3.05) is 13.2 Å². The van der Waals surface area contributed by atoms with Gasteiger partial charge in [0.2, 0.25) is 0 Å². The van der Waals surface area contributed by atoms with E-state index in [0.717, 1.165) is 5.56 Å². The van der Waals surface area contributed by atoms with Crippen molar-refractivity contribution >= 4 is 17.4 Å². The fraction of sp³-hybridized carbons (Fsp3) is 0.222. The highest BCUT2D eigenvalue weighted by atomic mass is 16.5. The molecule has 0 unspecified atom stereocenters. The maximum Gasteiger partial charge on any atom is 0.295 e. The normalized spacial score (nSPS) is 17.1. The molecule has 2 heterocycles. The summed E-state index contributed by atoms with van der Waals surface area (Å²) in [6, 6.07) is 16.8. The second-order valence-corrected chi connectivity index (χ2v) is 7.75. The summed E-state index contributed by atoms with van der Waals surface area (Å²) in [4.78, 5) is 31.9. The third-order valence-electron chi connectivity index (χ3n) is 5.56. The molecule has 0 saturated carbocycles. The second-order valence-electron chi connectivity index (χ2n) is 7.75. The molecule has 0 aliphatic carbocycles. The lowest BCUT2D eigenvalue weighted by molar-refractivity contribution is -0.140. The van der Waals surface area contributed by atoms with Crippen LogP contribution < -0.4 is 9.47 Å². The third-order valence-corrected chi connectivity index (χ3v) is 5.56. The molecule has 34 heavy (non-hydrogen) atoms. The van der Waals surface area contributed by atoms with E-state index in [1.165, 1.54) is 4.90 Å². The Hall–Kier alpha value is -4.13. The number of hydrogen-bond acceptors (Lipinski definition) is 6. The average molecular weight is 459 g/mol. The van der Waals surface area contributed by atoms with Crippen LogP contribution in [0, 0.1) is 0 Å². The van der Waals surface area contributed by atoms with Crippen LogP contribution in [0.1, 0.15) is 36.6 Å². The van der Waals surface area contributed by atoms with Crippen molar-refractivity contribution in [3.05, 3.63) is 95.3 Å². The number of nitrogens with zero attached hydrogens (tertiary/aromatic N) is 2. The molecule has 7 nitrogen and oxygen atoms in total. The molecule has 4 rings (SSSR count). The molecule has 0 radical (unpaired) electrons. The molecule has 0 spiro atoms. The van der Waals surface area contributed by atoms with Gasteiger partial charge in [-0.3, -0.25) is 14.6 Å². The Morgan fingerprint density at radius 3 is 2.12 bits per heavy atom. The summed E-state index contributed by atoms with van der Waals surface area (Å²) in [7, 11) is 0. The van der Waals surface area contributed by atoms with Crippen molar-refractivity contribution < 1.29 is 24.2 Å². The molecule has 1 fully saturated rings. The first kappa shape index (κ1) is 23.0. The number of rotatable bonds is 8. The van der Waals surface area contributed by atoms with Crippen LogP contribution in [-0.4, -0.2) is 39.9 Å². The smallest absolute Gasteiger partial charge is 0.295 e. The van der Waals surface area contributed by atoms with Crippen molar-refractivity contribution in [2.24, 2.45) is 0 Å². The molecule has 1 aliphatic heterocycles. The van der Waals surface area contributed by atoms with Crippen molar-refractivity contribution in [3.63, 3.8) is 0 Å². The summed E-state index contributed by atoms with van der Waals surface area (Å²) in [5, 5.41) is 11.2. The number of amides is 1. The molecule has 2 aromatic carbocycles. The van der Waals surface area contributed by atoms with E-state index in [-0.39, 0.29) is 17.9 Å². The van der Waals surface area contributed by atoms with Gasteiger partial charge in [0.15, 0.2) is 0 Å². The Bertz CT molecular complexity index is 1190. The van der Waals surface area contributed by atoms with Crippen molar-refractivity contribution in [1.82, 2.24) is 9.88 Å². The van der Waals surface area contributed by atoms with E-state index in [1.807, 2.05) is 32.0 Å². The van der Waals surface area contributed by atoms with E-state index in [1.54, 1.807) is 54.9 Å². The topological polar surface area (TPSA) is 89.0 Å².